The second-order valence-corrected chi connectivity index (χ2v) is 4.98. The number of hydrogen-bond acceptors (Lipinski definition) is 6. The van der Waals surface area contributed by atoms with E-state index in [1.54, 1.807) is 7.05 Å². The maximum Gasteiger partial charge on any atom is 0.222 e. The van der Waals surface area contributed by atoms with Gasteiger partial charge in [0, 0.05) is 26.1 Å². The molecule has 0 saturated heterocycles. The smallest absolute Gasteiger partial charge is 0.222 e. The maximum absolute atomic E-state index is 10.9. The Balaban J connectivity index is 3.01. The van der Waals surface area contributed by atoms with E-state index in [9.17, 15) is 4.79 Å². The molecule has 0 fully saturated rings. The van der Waals surface area contributed by atoms with Crippen LogP contribution < -0.4 is 10.6 Å². The lowest BCUT2D eigenvalue weighted by atomic mass is 10.4. The third kappa shape index (κ3) is 17.3. The average molecular weight is 320 g/mol. The van der Waals surface area contributed by atoms with E-state index in [2.05, 4.69) is 24.5 Å². The van der Waals surface area contributed by atoms with Gasteiger partial charge in [-0.1, -0.05) is 13.8 Å². The standard InChI is InChI=1S/C15H32N2O5/c1-14(2)17-5-7-20-9-11-22-13-12-21-10-8-19-6-4-15(18)16-3/h14,17H,4-13H2,1-3H3,(H,16,18). The van der Waals surface area contributed by atoms with Gasteiger partial charge < -0.3 is 29.6 Å². The highest BCUT2D eigenvalue weighted by Crippen LogP contribution is 1.85. The Labute approximate surface area is 134 Å². The lowest BCUT2D eigenvalue weighted by Crippen LogP contribution is -2.27. The maximum atomic E-state index is 10.9. The van der Waals surface area contributed by atoms with Gasteiger partial charge in [-0.25, -0.2) is 0 Å². The van der Waals surface area contributed by atoms with Crippen molar-refractivity contribution in [1.29, 1.82) is 0 Å². The van der Waals surface area contributed by atoms with Crippen LogP contribution in [-0.4, -0.2) is 78.4 Å². The van der Waals surface area contributed by atoms with Gasteiger partial charge in [0.1, 0.15) is 0 Å². The molecule has 0 aromatic rings. The van der Waals surface area contributed by atoms with Crippen LogP contribution in [-0.2, 0) is 23.7 Å². The van der Waals surface area contributed by atoms with Gasteiger partial charge in [-0.15, -0.1) is 0 Å². The Hall–Kier alpha value is -0.730. The lowest BCUT2D eigenvalue weighted by Gasteiger charge is -2.09. The fourth-order valence-electron chi connectivity index (χ4n) is 1.47. The van der Waals surface area contributed by atoms with Gasteiger partial charge in [-0.3, -0.25) is 4.79 Å². The van der Waals surface area contributed by atoms with Crippen molar-refractivity contribution in [2.75, 3.05) is 66.4 Å². The summed E-state index contributed by atoms with van der Waals surface area (Å²) in [6.07, 6.45) is 0.381. The molecule has 0 radical (unpaired) electrons. The van der Waals surface area contributed by atoms with Gasteiger partial charge in [-0.05, 0) is 0 Å². The van der Waals surface area contributed by atoms with Crippen molar-refractivity contribution in [3.05, 3.63) is 0 Å². The first kappa shape index (κ1) is 21.3. The summed E-state index contributed by atoms with van der Waals surface area (Å²) in [5.74, 6) is -0.0171. The molecule has 7 nitrogen and oxygen atoms in total. The molecule has 0 heterocycles. The summed E-state index contributed by atoms with van der Waals surface area (Å²) >= 11 is 0. The predicted octanol–water partition coefficient (Wildman–Crippen LogP) is 0.187. The van der Waals surface area contributed by atoms with Crippen molar-refractivity contribution >= 4 is 5.91 Å². The molecule has 0 unspecified atom stereocenters. The van der Waals surface area contributed by atoms with Gasteiger partial charge in [0.15, 0.2) is 0 Å². The van der Waals surface area contributed by atoms with Crippen LogP contribution in [0.5, 0.6) is 0 Å². The Morgan fingerprint density at radius 1 is 0.818 bits per heavy atom. The number of nitrogens with one attached hydrogen (secondary N) is 2. The minimum Gasteiger partial charge on any atom is -0.379 e. The van der Waals surface area contributed by atoms with Crippen LogP contribution in [0.15, 0.2) is 0 Å². The largest absolute Gasteiger partial charge is 0.379 e. The van der Waals surface area contributed by atoms with Crippen molar-refractivity contribution in [3.63, 3.8) is 0 Å². The summed E-state index contributed by atoms with van der Waals surface area (Å²) in [7, 11) is 1.61. The molecule has 0 aliphatic heterocycles. The Morgan fingerprint density at radius 2 is 1.27 bits per heavy atom. The summed E-state index contributed by atoms with van der Waals surface area (Å²) in [4.78, 5) is 10.9. The normalized spacial score (nSPS) is 11.1. The zero-order valence-electron chi connectivity index (χ0n) is 14.2. The molecule has 0 saturated carbocycles. The van der Waals surface area contributed by atoms with Crippen LogP contribution in [0.2, 0.25) is 0 Å². The van der Waals surface area contributed by atoms with Gasteiger partial charge >= 0.3 is 0 Å². The second-order valence-electron chi connectivity index (χ2n) is 4.98. The Bertz CT molecular complexity index is 252. The van der Waals surface area contributed by atoms with Gasteiger partial charge in [0.2, 0.25) is 5.91 Å². The summed E-state index contributed by atoms with van der Waals surface area (Å²) in [5, 5.41) is 5.81. The first-order valence-corrected chi connectivity index (χ1v) is 7.91. The second kappa shape index (κ2) is 16.6. The fraction of sp³-hybridized carbons (Fsp3) is 0.933. The van der Waals surface area contributed by atoms with Crippen molar-refractivity contribution in [3.8, 4) is 0 Å². The Morgan fingerprint density at radius 3 is 1.73 bits per heavy atom. The van der Waals surface area contributed by atoms with Crippen molar-refractivity contribution < 1.29 is 23.7 Å². The molecule has 132 valence electrons. The molecule has 0 aromatic heterocycles. The van der Waals surface area contributed by atoms with Crippen LogP contribution in [0.1, 0.15) is 20.3 Å². The number of amides is 1. The summed E-state index contributed by atoms with van der Waals surface area (Å²) in [6.45, 7) is 9.45. The van der Waals surface area contributed by atoms with E-state index in [1.165, 1.54) is 0 Å². The van der Waals surface area contributed by atoms with E-state index < -0.39 is 0 Å². The molecular formula is C15H32N2O5. The molecular weight excluding hydrogens is 288 g/mol. The van der Waals surface area contributed by atoms with Gasteiger partial charge in [0.05, 0.1) is 52.9 Å². The molecule has 0 rings (SSSR count). The number of carbonyl (C=O) groups excluding carboxylic acids is 1. The predicted molar refractivity (Wildman–Crippen MR) is 85.1 cm³/mol. The van der Waals surface area contributed by atoms with E-state index in [1.807, 2.05) is 0 Å². The number of hydrogen-bond donors (Lipinski definition) is 2. The number of carbonyl (C=O) groups is 1. The van der Waals surface area contributed by atoms with Crippen LogP contribution in [0.4, 0.5) is 0 Å². The quantitative estimate of drug-likeness (QED) is 0.395. The van der Waals surface area contributed by atoms with E-state index in [-0.39, 0.29) is 5.91 Å². The highest BCUT2D eigenvalue weighted by molar-refractivity contribution is 5.75. The minimum absolute atomic E-state index is 0.0171. The molecule has 1 amide bonds. The van der Waals surface area contributed by atoms with Crippen LogP contribution >= 0.6 is 0 Å². The molecule has 0 bridgehead atoms. The number of rotatable bonds is 16. The molecule has 0 aliphatic carbocycles. The van der Waals surface area contributed by atoms with E-state index in [0.29, 0.717) is 65.3 Å². The van der Waals surface area contributed by atoms with Crippen molar-refractivity contribution in [2.24, 2.45) is 0 Å². The third-order valence-corrected chi connectivity index (χ3v) is 2.67. The molecule has 7 heteroatoms. The lowest BCUT2D eigenvalue weighted by molar-refractivity contribution is -0.121. The zero-order valence-corrected chi connectivity index (χ0v) is 14.2. The highest BCUT2D eigenvalue weighted by Gasteiger charge is 1.97. The van der Waals surface area contributed by atoms with E-state index >= 15 is 0 Å². The molecule has 0 spiro atoms. The summed E-state index contributed by atoms with van der Waals surface area (Å²) < 4.78 is 21.4. The SMILES string of the molecule is CNC(=O)CCOCCOCCOCCOCCNC(C)C. The van der Waals surface area contributed by atoms with Crippen molar-refractivity contribution in [2.45, 2.75) is 26.3 Å². The first-order chi connectivity index (χ1) is 10.7. The minimum atomic E-state index is -0.0171. The first-order valence-electron chi connectivity index (χ1n) is 7.91. The molecule has 0 aromatic carbocycles. The van der Waals surface area contributed by atoms with Gasteiger partial charge in [-0.2, -0.15) is 0 Å². The molecule has 0 aliphatic rings. The van der Waals surface area contributed by atoms with Crippen LogP contribution in [0, 0.1) is 0 Å². The number of ether oxygens (including phenoxy) is 4. The molecule has 0 atom stereocenters. The zero-order chi connectivity index (χ0) is 16.5. The molecule has 2 N–H and O–H groups in total. The Kier molecular flexibility index (Phi) is 16.1. The third-order valence-electron chi connectivity index (χ3n) is 2.67. The van der Waals surface area contributed by atoms with Crippen LogP contribution in [0.25, 0.3) is 0 Å². The monoisotopic (exact) mass is 320 g/mol. The average Bonchev–Trinajstić information content (AvgIpc) is 2.50. The fourth-order valence-corrected chi connectivity index (χ4v) is 1.47. The van der Waals surface area contributed by atoms with Crippen LogP contribution in [0.3, 0.4) is 0 Å². The van der Waals surface area contributed by atoms with E-state index in [0.717, 1.165) is 6.54 Å². The summed E-state index contributed by atoms with van der Waals surface area (Å²) in [5.41, 5.74) is 0. The summed E-state index contributed by atoms with van der Waals surface area (Å²) in [6, 6.07) is 0.491. The highest BCUT2D eigenvalue weighted by atomic mass is 16.6. The van der Waals surface area contributed by atoms with E-state index in [4.69, 9.17) is 18.9 Å². The molecule has 22 heavy (non-hydrogen) atoms. The van der Waals surface area contributed by atoms with Gasteiger partial charge in [0.25, 0.3) is 0 Å². The topological polar surface area (TPSA) is 78.1 Å². The van der Waals surface area contributed by atoms with Crippen molar-refractivity contribution in [1.82, 2.24) is 10.6 Å².